The molecule has 2 fully saturated rings. The lowest BCUT2D eigenvalue weighted by atomic mass is 9.76. The number of amides is 1. The molecule has 0 aromatic carbocycles. The summed E-state index contributed by atoms with van der Waals surface area (Å²) in [6, 6.07) is 2.77. The fourth-order valence-corrected chi connectivity index (χ4v) is 3.57. The van der Waals surface area contributed by atoms with Crippen molar-refractivity contribution in [3.8, 4) is 6.07 Å². The fourth-order valence-electron chi connectivity index (χ4n) is 3.57. The molecule has 2 aliphatic rings. The Morgan fingerprint density at radius 2 is 2.32 bits per heavy atom. The number of rotatable bonds is 3. The molecule has 3 unspecified atom stereocenters. The summed E-state index contributed by atoms with van der Waals surface area (Å²) in [5.41, 5.74) is 0. The van der Waals surface area contributed by atoms with Crippen LogP contribution in [0.2, 0.25) is 0 Å². The van der Waals surface area contributed by atoms with Crippen molar-refractivity contribution >= 4 is 5.91 Å². The van der Waals surface area contributed by atoms with Gasteiger partial charge < -0.3 is 5.32 Å². The smallest absolute Gasteiger partial charge is 0.234 e. The molecular formula is C15H25N3O. The van der Waals surface area contributed by atoms with Crippen molar-refractivity contribution in [2.75, 3.05) is 19.6 Å². The first-order chi connectivity index (χ1) is 9.24. The van der Waals surface area contributed by atoms with Gasteiger partial charge in [0.2, 0.25) is 5.91 Å². The Hall–Kier alpha value is -1.08. The predicted octanol–water partition coefficient (Wildman–Crippen LogP) is 1.92. The average Bonchev–Trinajstić information content (AvgIpc) is 2.64. The van der Waals surface area contributed by atoms with E-state index in [1.165, 1.54) is 19.3 Å². The molecule has 106 valence electrons. The Balaban J connectivity index is 2.04. The first kappa shape index (κ1) is 14.3. The van der Waals surface area contributed by atoms with Crippen LogP contribution in [0.5, 0.6) is 0 Å². The largest absolute Gasteiger partial charge is 0.355 e. The van der Waals surface area contributed by atoms with Crippen molar-refractivity contribution < 1.29 is 4.79 Å². The van der Waals surface area contributed by atoms with Gasteiger partial charge in [0.25, 0.3) is 0 Å². The Morgan fingerprint density at radius 3 is 3.05 bits per heavy atom. The molecule has 2 rings (SSSR count). The van der Waals surface area contributed by atoms with Crippen LogP contribution < -0.4 is 5.32 Å². The van der Waals surface area contributed by atoms with E-state index in [0.29, 0.717) is 12.6 Å². The zero-order chi connectivity index (χ0) is 13.7. The van der Waals surface area contributed by atoms with Crippen molar-refractivity contribution in [3.63, 3.8) is 0 Å². The quantitative estimate of drug-likeness (QED) is 0.846. The molecule has 1 N–H and O–H groups in total. The van der Waals surface area contributed by atoms with Crippen LogP contribution in [0.4, 0.5) is 0 Å². The first-order valence-electron chi connectivity index (χ1n) is 7.65. The minimum atomic E-state index is 0.110. The van der Waals surface area contributed by atoms with Crippen LogP contribution in [0.3, 0.4) is 0 Å². The van der Waals surface area contributed by atoms with E-state index in [2.05, 4.69) is 23.2 Å². The van der Waals surface area contributed by atoms with E-state index in [9.17, 15) is 10.1 Å². The number of carbonyl (C=O) groups excluding carboxylic acids is 1. The monoisotopic (exact) mass is 263 g/mol. The summed E-state index contributed by atoms with van der Waals surface area (Å²) in [6.07, 6.45) is 6.76. The third-order valence-corrected chi connectivity index (χ3v) is 4.55. The van der Waals surface area contributed by atoms with Gasteiger partial charge in [-0.15, -0.1) is 0 Å². The van der Waals surface area contributed by atoms with E-state index in [-0.39, 0.29) is 11.8 Å². The molecule has 1 aliphatic carbocycles. The highest BCUT2D eigenvalue weighted by Gasteiger charge is 2.35. The van der Waals surface area contributed by atoms with Gasteiger partial charge in [0.15, 0.2) is 0 Å². The molecule has 1 saturated heterocycles. The third kappa shape index (κ3) is 3.70. The van der Waals surface area contributed by atoms with Crippen molar-refractivity contribution in [1.29, 1.82) is 5.26 Å². The van der Waals surface area contributed by atoms with Crippen molar-refractivity contribution in [2.45, 2.75) is 51.5 Å². The molecular weight excluding hydrogens is 238 g/mol. The van der Waals surface area contributed by atoms with Crippen LogP contribution in [0.1, 0.15) is 45.4 Å². The standard InChI is InChI=1S/C15H25N3O/c1-2-4-12-5-6-13(10-16)14(9-12)18-8-3-7-17-15(19)11-18/h12-14H,2-9,11H2,1H3,(H,17,19). The molecule has 4 nitrogen and oxygen atoms in total. The predicted molar refractivity (Wildman–Crippen MR) is 74.3 cm³/mol. The number of nitrogens with zero attached hydrogens (tertiary/aromatic N) is 2. The number of carbonyl (C=O) groups is 1. The summed E-state index contributed by atoms with van der Waals surface area (Å²) in [6.45, 7) is 4.42. The van der Waals surface area contributed by atoms with Gasteiger partial charge in [0, 0.05) is 19.1 Å². The van der Waals surface area contributed by atoms with Gasteiger partial charge >= 0.3 is 0 Å². The number of hydrogen-bond donors (Lipinski definition) is 1. The minimum Gasteiger partial charge on any atom is -0.355 e. The highest BCUT2D eigenvalue weighted by atomic mass is 16.2. The zero-order valence-corrected chi connectivity index (χ0v) is 11.9. The summed E-state index contributed by atoms with van der Waals surface area (Å²) in [7, 11) is 0. The topological polar surface area (TPSA) is 56.1 Å². The van der Waals surface area contributed by atoms with Crippen LogP contribution in [0.25, 0.3) is 0 Å². The lowest BCUT2D eigenvalue weighted by Crippen LogP contribution is -2.46. The molecule has 1 aliphatic heterocycles. The van der Waals surface area contributed by atoms with Gasteiger partial charge in [-0.1, -0.05) is 19.8 Å². The lowest BCUT2D eigenvalue weighted by Gasteiger charge is -2.39. The Bertz CT molecular complexity index is 350. The van der Waals surface area contributed by atoms with Gasteiger partial charge in [0.05, 0.1) is 18.5 Å². The first-order valence-corrected chi connectivity index (χ1v) is 7.65. The Kier molecular flexibility index (Phi) is 5.21. The normalized spacial score (nSPS) is 33.3. The molecule has 0 bridgehead atoms. The van der Waals surface area contributed by atoms with Gasteiger partial charge in [0.1, 0.15) is 0 Å². The van der Waals surface area contributed by atoms with Crippen LogP contribution in [0.15, 0.2) is 0 Å². The van der Waals surface area contributed by atoms with Crippen LogP contribution in [0, 0.1) is 23.2 Å². The molecule has 1 heterocycles. The maximum absolute atomic E-state index is 11.7. The summed E-state index contributed by atoms with van der Waals surface area (Å²) in [4.78, 5) is 14.0. The van der Waals surface area contributed by atoms with E-state index < -0.39 is 0 Å². The summed E-state index contributed by atoms with van der Waals surface area (Å²) in [5, 5.41) is 12.3. The second kappa shape index (κ2) is 6.91. The third-order valence-electron chi connectivity index (χ3n) is 4.55. The van der Waals surface area contributed by atoms with Crippen LogP contribution in [-0.2, 0) is 4.79 Å². The summed E-state index contributed by atoms with van der Waals surface area (Å²) >= 11 is 0. The molecule has 1 saturated carbocycles. The van der Waals surface area contributed by atoms with Gasteiger partial charge in [-0.25, -0.2) is 0 Å². The van der Waals surface area contributed by atoms with E-state index >= 15 is 0 Å². The SMILES string of the molecule is CCCC1CCC(C#N)C(N2CCCNC(=O)C2)C1. The molecule has 1 amide bonds. The van der Waals surface area contributed by atoms with Crippen molar-refractivity contribution in [2.24, 2.45) is 11.8 Å². The maximum atomic E-state index is 11.7. The van der Waals surface area contributed by atoms with Crippen LogP contribution in [-0.4, -0.2) is 36.5 Å². The molecule has 0 aromatic heterocycles. The molecule has 19 heavy (non-hydrogen) atoms. The van der Waals surface area contributed by atoms with E-state index in [1.54, 1.807) is 0 Å². The number of nitrogens with one attached hydrogen (secondary N) is 1. The average molecular weight is 263 g/mol. The van der Waals surface area contributed by atoms with E-state index in [1.807, 2.05) is 0 Å². The van der Waals surface area contributed by atoms with Gasteiger partial charge in [-0.05, 0) is 31.6 Å². The Labute approximate surface area is 116 Å². The molecule has 4 heteroatoms. The van der Waals surface area contributed by atoms with E-state index in [0.717, 1.165) is 38.3 Å². The lowest BCUT2D eigenvalue weighted by molar-refractivity contribution is -0.122. The number of hydrogen-bond acceptors (Lipinski definition) is 3. The fraction of sp³-hybridized carbons (Fsp3) is 0.867. The van der Waals surface area contributed by atoms with Crippen molar-refractivity contribution in [3.05, 3.63) is 0 Å². The second-order valence-electron chi connectivity index (χ2n) is 5.94. The molecule has 3 atom stereocenters. The second-order valence-corrected chi connectivity index (χ2v) is 5.94. The van der Waals surface area contributed by atoms with Crippen molar-refractivity contribution in [1.82, 2.24) is 10.2 Å². The van der Waals surface area contributed by atoms with E-state index in [4.69, 9.17) is 0 Å². The summed E-state index contributed by atoms with van der Waals surface area (Å²) < 4.78 is 0. The van der Waals surface area contributed by atoms with Gasteiger partial charge in [-0.2, -0.15) is 5.26 Å². The minimum absolute atomic E-state index is 0.110. The maximum Gasteiger partial charge on any atom is 0.234 e. The molecule has 0 radical (unpaired) electrons. The Morgan fingerprint density at radius 1 is 1.47 bits per heavy atom. The van der Waals surface area contributed by atoms with Crippen LogP contribution >= 0.6 is 0 Å². The zero-order valence-electron chi connectivity index (χ0n) is 11.9. The highest BCUT2D eigenvalue weighted by Crippen LogP contribution is 2.34. The molecule has 0 aromatic rings. The number of nitriles is 1. The van der Waals surface area contributed by atoms with Gasteiger partial charge in [-0.3, -0.25) is 9.69 Å². The summed E-state index contributed by atoms with van der Waals surface area (Å²) in [5.74, 6) is 0.969. The highest BCUT2D eigenvalue weighted by molar-refractivity contribution is 5.78. The molecule has 0 spiro atoms.